The molecule has 4 amide bonds. The van der Waals surface area contributed by atoms with Crippen molar-refractivity contribution in [2.75, 3.05) is 26.3 Å². The zero-order valence-electron chi connectivity index (χ0n) is 53.8. The number of carbonyl (C=O) groups excluding carboxylic acids is 10. The first-order valence-electron chi connectivity index (χ1n) is 31.3. The minimum absolute atomic E-state index is 0.0163. The number of benzene rings is 3. The van der Waals surface area contributed by atoms with Crippen molar-refractivity contribution in [1.82, 2.24) is 21.3 Å². The highest BCUT2D eigenvalue weighted by Gasteiger charge is 2.78. The fourth-order valence-corrected chi connectivity index (χ4v) is 14.1. The molecule has 31 heteroatoms. The van der Waals surface area contributed by atoms with Gasteiger partial charge in [-0.15, -0.1) is 0 Å². The summed E-state index contributed by atoms with van der Waals surface area (Å²) in [6, 6.07) is 19.5. The average Bonchev–Trinajstić information content (AvgIpc) is 0.669. The van der Waals surface area contributed by atoms with Gasteiger partial charge in [-0.3, -0.25) is 38.4 Å². The summed E-state index contributed by atoms with van der Waals surface area (Å²) in [5, 5.41) is 99.3. The van der Waals surface area contributed by atoms with Gasteiger partial charge in [0.1, 0.15) is 79.0 Å². The van der Waals surface area contributed by atoms with E-state index in [4.69, 9.17) is 42.6 Å². The molecule has 12 N–H and O–H groups in total. The Morgan fingerprint density at radius 1 is 0.732 bits per heavy atom. The van der Waals surface area contributed by atoms with Crippen LogP contribution in [0.5, 0.6) is 0 Å². The molecule has 526 valence electrons. The van der Waals surface area contributed by atoms with Crippen LogP contribution in [0.3, 0.4) is 0 Å². The third-order valence-electron chi connectivity index (χ3n) is 19.1. The summed E-state index contributed by atoms with van der Waals surface area (Å²) in [5.74, 6) is -12.3. The van der Waals surface area contributed by atoms with Crippen molar-refractivity contribution in [1.29, 1.82) is 0 Å². The number of aliphatic hydroxyl groups is 8. The summed E-state index contributed by atoms with van der Waals surface area (Å²) < 4.78 is 53.3. The van der Waals surface area contributed by atoms with Gasteiger partial charge in [-0.2, -0.15) is 0 Å². The van der Waals surface area contributed by atoms with Crippen LogP contribution >= 0.6 is 0 Å². The Bertz CT molecular complexity index is 3490. The monoisotopic (exact) mass is 1360 g/mol. The molecule has 21 atom stereocenters. The lowest BCUT2D eigenvalue weighted by Crippen LogP contribution is -2.82. The molecular weight excluding hydrogens is 1280 g/mol. The van der Waals surface area contributed by atoms with Crippen LogP contribution in [-0.2, 0) is 81.0 Å². The molecule has 3 heterocycles. The van der Waals surface area contributed by atoms with E-state index in [0.29, 0.717) is 0 Å². The number of hydrogen-bond donors (Lipinski definition) is 12. The smallest absolute Gasteiger partial charge is 0.350 e. The minimum atomic E-state index is -2.62. The summed E-state index contributed by atoms with van der Waals surface area (Å²) in [6.07, 6.45) is -30.5. The molecule has 2 saturated carbocycles. The maximum absolute atomic E-state index is 15.9. The highest BCUT2D eigenvalue weighted by atomic mass is 16.7. The van der Waals surface area contributed by atoms with E-state index in [1.54, 1.807) is 30.3 Å². The number of Topliss-reactive ketones (excluding diaryl/α,β-unsaturated/α-hetero) is 1. The van der Waals surface area contributed by atoms with Gasteiger partial charge in [0.15, 0.2) is 36.2 Å². The Hall–Kier alpha value is -8.18. The number of rotatable bonds is 21. The summed E-state index contributed by atoms with van der Waals surface area (Å²) in [4.78, 5) is 141. The van der Waals surface area contributed by atoms with Crippen molar-refractivity contribution in [3.05, 3.63) is 119 Å². The molecule has 3 saturated heterocycles. The molecule has 3 aromatic rings. The highest BCUT2D eigenvalue weighted by Crippen LogP contribution is 2.64. The third-order valence-corrected chi connectivity index (χ3v) is 19.1. The van der Waals surface area contributed by atoms with Crippen molar-refractivity contribution in [2.24, 2.45) is 16.7 Å². The number of aliphatic hydroxyl groups excluding tert-OH is 7. The van der Waals surface area contributed by atoms with Crippen LogP contribution in [0.1, 0.15) is 100 Å². The molecule has 3 aliphatic heterocycles. The number of ketones is 1. The van der Waals surface area contributed by atoms with Gasteiger partial charge in [0.25, 0.3) is 11.8 Å². The molecular formula is C66H80N4O27. The van der Waals surface area contributed by atoms with E-state index < -0.39 is 230 Å². The molecule has 31 nitrogen and oxygen atoms in total. The van der Waals surface area contributed by atoms with Crippen molar-refractivity contribution in [3.63, 3.8) is 0 Å². The van der Waals surface area contributed by atoms with Gasteiger partial charge in [-0.1, -0.05) is 80.6 Å². The number of nitrogens with one attached hydrogen (secondary N) is 4. The largest absolute Gasteiger partial charge is 0.455 e. The van der Waals surface area contributed by atoms with Crippen LogP contribution in [0, 0.1) is 16.7 Å². The molecule has 0 unspecified atom stereocenters. The van der Waals surface area contributed by atoms with Crippen molar-refractivity contribution in [3.8, 4) is 0 Å². The molecule has 2 bridgehead atoms. The number of hydrogen-bond acceptors (Lipinski definition) is 27. The van der Waals surface area contributed by atoms with E-state index in [0.717, 1.165) is 20.8 Å². The van der Waals surface area contributed by atoms with Crippen LogP contribution < -0.4 is 21.3 Å². The second-order valence-electron chi connectivity index (χ2n) is 25.6. The van der Waals surface area contributed by atoms with Crippen LogP contribution in [0.15, 0.2) is 102 Å². The Morgan fingerprint density at radius 2 is 1.35 bits per heavy atom. The first-order valence-corrected chi connectivity index (χ1v) is 31.3. The van der Waals surface area contributed by atoms with Crippen LogP contribution in [-0.4, -0.2) is 236 Å². The molecule has 5 fully saturated rings. The summed E-state index contributed by atoms with van der Waals surface area (Å²) in [6.45, 7) is 6.54. The second kappa shape index (κ2) is 29.5. The van der Waals surface area contributed by atoms with Crippen LogP contribution in [0.2, 0.25) is 0 Å². The molecule has 3 aromatic carbocycles. The van der Waals surface area contributed by atoms with Crippen molar-refractivity contribution in [2.45, 2.75) is 183 Å². The standard InChI is InChI=1S/C66H80N4O27/c1-30-37(27-66(88)56(96-59(85)36-21-15-10-16-22-36)54-64(7,39(75)25-40-65(54,29-89-40)97-33(4)74)55(82)50(90-32(3)73)43(30)63(66,5)6)91-61(87)51(44(34-17-11-8-12-18-34)70-57(83)35-19-13-9-14-20-35)93-42(77)26-41(76)67-23-24-68-58(84)53-52(48(80)49(81)60(86)94-53)95-62-45(69-31(2)72)47(79)46(78)38(28-71)92-62/h8-22,37-40,44-54,56,60,62,71,75,78-81,86,88H,23-29H2,1-7H3,(H,67,76)(H,68,84)(H,69,72)(H,70,83)/t37-,38+,39-,40+,44-,45+,46+,47+,48+,49+,50+,51+,52-,53-,54-,56-,60+,62-,64+,65-,66+/m0/s1. The molecule has 97 heavy (non-hydrogen) atoms. The summed E-state index contributed by atoms with van der Waals surface area (Å²) in [5.41, 5.74) is -8.65. The summed E-state index contributed by atoms with van der Waals surface area (Å²) >= 11 is 0. The lowest BCUT2D eigenvalue weighted by Gasteiger charge is -2.67. The molecule has 0 aromatic heterocycles. The molecule has 9 rings (SSSR count). The number of ether oxygens (including phenoxy) is 9. The predicted molar refractivity (Wildman–Crippen MR) is 325 cm³/mol. The number of esters is 5. The van der Waals surface area contributed by atoms with Crippen molar-refractivity contribution >= 4 is 59.3 Å². The summed E-state index contributed by atoms with van der Waals surface area (Å²) in [7, 11) is 0. The van der Waals surface area contributed by atoms with Gasteiger partial charge >= 0.3 is 29.8 Å². The van der Waals surface area contributed by atoms with E-state index in [-0.39, 0.29) is 34.3 Å². The van der Waals surface area contributed by atoms with Gasteiger partial charge in [0.2, 0.25) is 17.9 Å². The fourth-order valence-electron chi connectivity index (χ4n) is 14.1. The maximum Gasteiger partial charge on any atom is 0.350 e. The Morgan fingerprint density at radius 3 is 1.94 bits per heavy atom. The first kappa shape index (κ1) is 73.1. The van der Waals surface area contributed by atoms with E-state index >= 15 is 9.59 Å². The first-order chi connectivity index (χ1) is 45.8. The molecule has 3 aliphatic carbocycles. The van der Waals surface area contributed by atoms with E-state index in [2.05, 4.69) is 21.3 Å². The number of carbonyl (C=O) groups is 10. The third kappa shape index (κ3) is 14.4. The van der Waals surface area contributed by atoms with Gasteiger partial charge < -0.3 is 105 Å². The van der Waals surface area contributed by atoms with E-state index in [1.807, 2.05) is 0 Å². The van der Waals surface area contributed by atoms with E-state index in [1.165, 1.54) is 88.4 Å². The molecule has 6 aliphatic rings. The van der Waals surface area contributed by atoms with Gasteiger partial charge in [0, 0.05) is 57.7 Å². The molecule has 0 radical (unpaired) electrons. The topological polar surface area (TPSA) is 464 Å². The van der Waals surface area contributed by atoms with Gasteiger partial charge in [0.05, 0.1) is 36.2 Å². The Kier molecular flexibility index (Phi) is 22.2. The van der Waals surface area contributed by atoms with Gasteiger partial charge in [-0.25, -0.2) is 9.59 Å². The SMILES string of the molecule is CC(=O)N[C@H]1[C@H](O[C@H]2[C@H](O)[C@@H](O)[C@H](O)O[C@@H]2C(=O)NCCNC(=O)CC(=O)O[C@@H](C(=O)O[C@H]2C[C@@]3(O)[C@@H](OC(=O)c4ccccc4)[C@@H]4[C@]5(OC(C)=O)CO[C@@H]5C[C@H](O)[C@@]4(C)C(=O)[C@H](OC(C)=O)C(=C2C)C3(C)C)[C@@H](NC(=O)c2ccccc2)c2ccccc2)O[C@H](CO)[C@@H](O)[C@@H]1O. The minimum Gasteiger partial charge on any atom is -0.455 e. The molecule has 0 spiro atoms. The predicted octanol–water partition coefficient (Wildman–Crippen LogP) is -2.32. The second-order valence-corrected chi connectivity index (χ2v) is 25.6. The quantitative estimate of drug-likeness (QED) is 0.0175. The van der Waals surface area contributed by atoms with Gasteiger partial charge in [-0.05, 0) is 54.8 Å². The normalized spacial score (nSPS) is 33.9. The fraction of sp³-hybridized carbons (Fsp3) is 0.545. The lowest BCUT2D eigenvalue weighted by atomic mass is 9.44. The van der Waals surface area contributed by atoms with E-state index in [9.17, 15) is 79.2 Å². The maximum atomic E-state index is 15.9. The number of fused-ring (bicyclic) bond motifs is 5. The lowest BCUT2D eigenvalue weighted by molar-refractivity contribution is -0.346. The van der Waals surface area contributed by atoms with Crippen molar-refractivity contribution < 1.29 is 131 Å². The Balaban J connectivity index is 1.02. The highest BCUT2D eigenvalue weighted by molar-refractivity contribution is 5.98. The van der Waals surface area contributed by atoms with Crippen LogP contribution in [0.4, 0.5) is 0 Å². The zero-order chi connectivity index (χ0) is 70.8. The average molecular weight is 1360 g/mol. The van der Waals surface area contributed by atoms with Crippen LogP contribution in [0.25, 0.3) is 0 Å². The zero-order valence-corrected chi connectivity index (χ0v) is 53.8. The Labute approximate surface area is 555 Å². The number of amides is 4.